The summed E-state index contributed by atoms with van der Waals surface area (Å²) in [6.07, 6.45) is 0.262. The van der Waals surface area contributed by atoms with E-state index in [2.05, 4.69) is 15.5 Å². The Morgan fingerprint density at radius 1 is 1.00 bits per heavy atom. The lowest BCUT2D eigenvalue weighted by Crippen LogP contribution is -2.14. The molecule has 4 nitrogen and oxygen atoms in total. The topological polar surface area (TPSA) is 54.9 Å². The molecule has 7 heteroatoms. The van der Waals surface area contributed by atoms with E-state index in [4.69, 9.17) is 23.2 Å². The lowest BCUT2D eigenvalue weighted by molar-refractivity contribution is -0.115. The van der Waals surface area contributed by atoms with Crippen molar-refractivity contribution in [1.29, 1.82) is 0 Å². The molecule has 0 atom stereocenters. The van der Waals surface area contributed by atoms with Gasteiger partial charge in [-0.3, -0.25) is 4.79 Å². The number of rotatable bonds is 4. The molecule has 0 spiro atoms. The third-order valence-electron chi connectivity index (χ3n) is 4.06. The molecule has 0 bridgehead atoms. The van der Waals surface area contributed by atoms with Gasteiger partial charge in [0, 0.05) is 10.6 Å². The van der Waals surface area contributed by atoms with Crippen molar-refractivity contribution in [2.45, 2.75) is 6.42 Å². The second-order valence-electron chi connectivity index (χ2n) is 5.90. The van der Waals surface area contributed by atoms with Gasteiger partial charge >= 0.3 is 0 Å². The van der Waals surface area contributed by atoms with Gasteiger partial charge in [-0.25, -0.2) is 0 Å². The molecule has 0 saturated carbocycles. The number of nitrogens with zero attached hydrogens (tertiary/aromatic N) is 2. The van der Waals surface area contributed by atoms with E-state index in [-0.39, 0.29) is 12.3 Å². The van der Waals surface area contributed by atoms with E-state index < -0.39 is 0 Å². The van der Waals surface area contributed by atoms with Crippen LogP contribution in [0.15, 0.2) is 60.7 Å². The number of fused-ring (bicyclic) bond motifs is 1. The lowest BCUT2D eigenvalue weighted by atomic mass is 10.0. The second kappa shape index (κ2) is 7.64. The number of anilines is 1. The van der Waals surface area contributed by atoms with E-state index in [1.807, 2.05) is 42.5 Å². The van der Waals surface area contributed by atoms with Crippen molar-refractivity contribution in [2.75, 3.05) is 5.32 Å². The van der Waals surface area contributed by atoms with Crippen molar-refractivity contribution in [1.82, 2.24) is 10.2 Å². The van der Waals surface area contributed by atoms with E-state index in [1.54, 1.807) is 18.2 Å². The molecule has 0 aliphatic heterocycles. The second-order valence-corrected chi connectivity index (χ2v) is 7.72. The summed E-state index contributed by atoms with van der Waals surface area (Å²) < 4.78 is 0. The first-order valence-electron chi connectivity index (χ1n) is 8.15. The standard InChI is InChI=1S/C20H13Cl2N3OS/c21-14-8-9-16(17(22)11-14)19-24-25-20(27-19)23-18(26)10-13-6-3-5-12-4-1-2-7-15(12)13/h1-9,11H,10H2,(H,23,25,26). The molecular formula is C20H13Cl2N3OS. The maximum absolute atomic E-state index is 12.5. The van der Waals surface area contributed by atoms with Gasteiger partial charge in [-0.2, -0.15) is 0 Å². The summed E-state index contributed by atoms with van der Waals surface area (Å²) >= 11 is 13.4. The first kappa shape index (κ1) is 17.9. The molecule has 4 rings (SSSR count). The average Bonchev–Trinajstić information content (AvgIpc) is 3.10. The van der Waals surface area contributed by atoms with Crippen molar-refractivity contribution in [3.05, 3.63) is 76.3 Å². The van der Waals surface area contributed by atoms with Crippen LogP contribution in [-0.4, -0.2) is 16.1 Å². The molecule has 1 amide bonds. The van der Waals surface area contributed by atoms with E-state index in [1.165, 1.54) is 11.3 Å². The third kappa shape index (κ3) is 3.95. The third-order valence-corrected chi connectivity index (χ3v) is 5.48. The average molecular weight is 414 g/mol. The number of benzene rings is 3. The number of halogens is 2. The highest BCUT2D eigenvalue weighted by Gasteiger charge is 2.13. The summed E-state index contributed by atoms with van der Waals surface area (Å²) in [7, 11) is 0. The van der Waals surface area contributed by atoms with Gasteiger partial charge in [0.05, 0.1) is 11.4 Å². The van der Waals surface area contributed by atoms with E-state index >= 15 is 0 Å². The number of nitrogens with one attached hydrogen (secondary N) is 1. The van der Waals surface area contributed by atoms with Gasteiger partial charge in [0.2, 0.25) is 11.0 Å². The van der Waals surface area contributed by atoms with Gasteiger partial charge in [0.15, 0.2) is 5.01 Å². The van der Waals surface area contributed by atoms with E-state index in [0.717, 1.165) is 21.9 Å². The maximum atomic E-state index is 12.5. The molecule has 0 unspecified atom stereocenters. The molecule has 27 heavy (non-hydrogen) atoms. The summed E-state index contributed by atoms with van der Waals surface area (Å²) in [5, 5.41) is 15.3. The predicted molar refractivity (Wildman–Crippen MR) is 112 cm³/mol. The summed E-state index contributed by atoms with van der Waals surface area (Å²) in [4.78, 5) is 12.5. The van der Waals surface area contributed by atoms with Gasteiger partial charge in [-0.15, -0.1) is 10.2 Å². The monoisotopic (exact) mass is 413 g/mol. The Hall–Kier alpha value is -2.47. The molecule has 3 aromatic carbocycles. The van der Waals surface area contributed by atoms with Gasteiger partial charge in [0.25, 0.3) is 0 Å². The molecule has 0 aliphatic rings. The summed E-state index contributed by atoms with van der Waals surface area (Å²) in [5.41, 5.74) is 1.70. The molecule has 0 fully saturated rings. The molecule has 1 aromatic heterocycles. The lowest BCUT2D eigenvalue weighted by Gasteiger charge is -2.06. The van der Waals surface area contributed by atoms with Crippen LogP contribution in [-0.2, 0) is 11.2 Å². The highest BCUT2D eigenvalue weighted by Crippen LogP contribution is 2.33. The number of carbonyl (C=O) groups excluding carboxylic acids is 1. The normalized spacial score (nSPS) is 10.9. The molecule has 1 heterocycles. The smallest absolute Gasteiger partial charge is 0.230 e. The first-order chi connectivity index (χ1) is 13.1. The molecule has 0 aliphatic carbocycles. The summed E-state index contributed by atoms with van der Waals surface area (Å²) in [5.74, 6) is -0.142. The number of aromatic nitrogens is 2. The van der Waals surface area contributed by atoms with Crippen LogP contribution in [0.4, 0.5) is 5.13 Å². The maximum Gasteiger partial charge on any atom is 0.230 e. The van der Waals surface area contributed by atoms with Crippen LogP contribution in [0.5, 0.6) is 0 Å². The minimum Gasteiger partial charge on any atom is -0.300 e. The Bertz CT molecular complexity index is 1140. The fourth-order valence-electron chi connectivity index (χ4n) is 2.83. The minimum atomic E-state index is -0.142. The zero-order valence-electron chi connectivity index (χ0n) is 13.9. The van der Waals surface area contributed by atoms with Crippen LogP contribution in [0.2, 0.25) is 10.0 Å². The Labute approximate surface area is 169 Å². The number of amides is 1. The van der Waals surface area contributed by atoms with Crippen molar-refractivity contribution >= 4 is 56.3 Å². The molecule has 4 aromatic rings. The zero-order valence-corrected chi connectivity index (χ0v) is 16.3. The molecule has 134 valence electrons. The Kier molecular flexibility index (Phi) is 5.07. The summed E-state index contributed by atoms with van der Waals surface area (Å²) in [6.45, 7) is 0. The molecular weight excluding hydrogens is 401 g/mol. The minimum absolute atomic E-state index is 0.142. The number of hydrogen-bond acceptors (Lipinski definition) is 4. The number of carbonyl (C=O) groups is 1. The van der Waals surface area contributed by atoms with Gasteiger partial charge < -0.3 is 5.32 Å². The Morgan fingerprint density at radius 3 is 2.67 bits per heavy atom. The van der Waals surface area contributed by atoms with Crippen molar-refractivity contribution in [3.8, 4) is 10.6 Å². The van der Waals surface area contributed by atoms with Crippen LogP contribution in [0.3, 0.4) is 0 Å². The molecule has 0 saturated heterocycles. The van der Waals surface area contributed by atoms with Gasteiger partial charge in [-0.1, -0.05) is 77.0 Å². The molecule has 0 radical (unpaired) electrons. The predicted octanol–water partition coefficient (Wildman–Crippen LogP) is 5.85. The van der Waals surface area contributed by atoms with Crippen molar-refractivity contribution in [3.63, 3.8) is 0 Å². The first-order valence-corrected chi connectivity index (χ1v) is 9.73. The van der Waals surface area contributed by atoms with Crippen molar-refractivity contribution in [2.24, 2.45) is 0 Å². The van der Waals surface area contributed by atoms with Crippen LogP contribution >= 0.6 is 34.5 Å². The molecule has 1 N–H and O–H groups in total. The zero-order chi connectivity index (χ0) is 18.8. The highest BCUT2D eigenvalue weighted by atomic mass is 35.5. The quantitative estimate of drug-likeness (QED) is 0.456. The Balaban J connectivity index is 1.51. The van der Waals surface area contributed by atoms with Crippen LogP contribution in [0, 0.1) is 0 Å². The van der Waals surface area contributed by atoms with Gasteiger partial charge in [0.1, 0.15) is 0 Å². The highest BCUT2D eigenvalue weighted by molar-refractivity contribution is 7.18. The largest absolute Gasteiger partial charge is 0.300 e. The fraction of sp³-hybridized carbons (Fsp3) is 0.0500. The SMILES string of the molecule is O=C(Cc1cccc2ccccc12)Nc1nnc(-c2ccc(Cl)cc2Cl)s1. The van der Waals surface area contributed by atoms with E-state index in [9.17, 15) is 4.79 Å². The summed E-state index contributed by atoms with van der Waals surface area (Å²) in [6, 6.07) is 19.1. The van der Waals surface area contributed by atoms with Crippen LogP contribution in [0.25, 0.3) is 21.3 Å². The van der Waals surface area contributed by atoms with Gasteiger partial charge in [-0.05, 0) is 34.5 Å². The Morgan fingerprint density at radius 2 is 1.81 bits per heavy atom. The van der Waals surface area contributed by atoms with E-state index in [0.29, 0.717) is 20.2 Å². The van der Waals surface area contributed by atoms with Crippen LogP contribution < -0.4 is 5.32 Å². The number of hydrogen-bond donors (Lipinski definition) is 1. The van der Waals surface area contributed by atoms with Crippen LogP contribution in [0.1, 0.15) is 5.56 Å². The fourth-order valence-corrected chi connectivity index (χ4v) is 4.18. The van der Waals surface area contributed by atoms with Crippen molar-refractivity contribution < 1.29 is 4.79 Å².